The van der Waals surface area contributed by atoms with Crippen molar-refractivity contribution in [2.45, 2.75) is 13.5 Å². The number of hydrogen-bond acceptors (Lipinski definition) is 6. The first-order valence-electron chi connectivity index (χ1n) is 7.48. The molecular weight excluding hydrogens is 328 g/mol. The van der Waals surface area contributed by atoms with Crippen molar-refractivity contribution >= 4 is 17.4 Å². The Morgan fingerprint density at radius 2 is 2.00 bits per heavy atom. The van der Waals surface area contributed by atoms with Gasteiger partial charge in [0.25, 0.3) is 0 Å². The first kappa shape index (κ1) is 18.1. The molecule has 0 unspecified atom stereocenters. The minimum atomic E-state index is -0.607. The lowest BCUT2D eigenvalue weighted by molar-refractivity contribution is -0.683. The number of nitro benzene ring substituents is 1. The van der Waals surface area contributed by atoms with Gasteiger partial charge in [0.05, 0.1) is 18.6 Å². The Morgan fingerprint density at radius 3 is 2.64 bits per heavy atom. The van der Waals surface area contributed by atoms with Crippen LogP contribution in [0.4, 0.5) is 5.69 Å². The molecule has 0 atom stereocenters. The molecule has 0 fully saturated rings. The lowest BCUT2D eigenvalue weighted by Crippen LogP contribution is -2.38. The fraction of sp³-hybridized carbons (Fsp3) is 0.235. The second-order valence-corrected chi connectivity index (χ2v) is 5.05. The molecule has 8 nitrogen and oxygen atoms in total. The number of benzene rings is 1. The smallest absolute Gasteiger partial charge is 0.344 e. The Balaban J connectivity index is 2.22. The molecule has 1 aromatic heterocycles. The van der Waals surface area contributed by atoms with Gasteiger partial charge in [-0.3, -0.25) is 14.9 Å². The summed E-state index contributed by atoms with van der Waals surface area (Å²) in [5.41, 5.74) is 0.220. The Morgan fingerprint density at radius 1 is 1.24 bits per heavy atom. The summed E-state index contributed by atoms with van der Waals surface area (Å²) in [6, 6.07) is 7.22. The van der Waals surface area contributed by atoms with Gasteiger partial charge in [0, 0.05) is 17.7 Å². The second kappa shape index (κ2) is 8.00. The summed E-state index contributed by atoms with van der Waals surface area (Å²) in [4.78, 5) is 34.6. The minimum absolute atomic E-state index is 0.0727. The number of ketones is 1. The van der Waals surface area contributed by atoms with Crippen LogP contribution in [-0.2, 0) is 11.3 Å². The molecule has 0 radical (unpaired) electrons. The van der Waals surface area contributed by atoms with Gasteiger partial charge >= 0.3 is 11.7 Å². The van der Waals surface area contributed by atoms with Gasteiger partial charge in [0.1, 0.15) is 5.56 Å². The zero-order chi connectivity index (χ0) is 18.4. The summed E-state index contributed by atoms with van der Waals surface area (Å²) in [5, 5.41) is 11.1. The van der Waals surface area contributed by atoms with E-state index in [1.54, 1.807) is 25.3 Å². The van der Waals surface area contributed by atoms with Crippen LogP contribution >= 0.6 is 0 Å². The van der Waals surface area contributed by atoms with E-state index >= 15 is 0 Å². The molecule has 0 spiro atoms. The first-order chi connectivity index (χ1) is 12.0. The van der Waals surface area contributed by atoms with Gasteiger partial charge in [-0.2, -0.15) is 4.57 Å². The number of nitro groups is 1. The molecule has 2 aromatic rings. The van der Waals surface area contributed by atoms with E-state index in [0.29, 0.717) is 5.56 Å². The Bertz CT molecular complexity index is 819. The number of ether oxygens (including phenoxy) is 2. The van der Waals surface area contributed by atoms with Crippen LogP contribution in [0.15, 0.2) is 42.7 Å². The molecule has 0 aliphatic carbocycles. The van der Waals surface area contributed by atoms with Crippen LogP contribution in [0.2, 0.25) is 0 Å². The van der Waals surface area contributed by atoms with Crippen molar-refractivity contribution in [2.75, 3.05) is 13.7 Å². The lowest BCUT2D eigenvalue weighted by atomic mass is 10.1. The van der Waals surface area contributed by atoms with Gasteiger partial charge in [-0.05, 0) is 25.1 Å². The number of methoxy groups -OCH3 is 1. The average Bonchev–Trinajstić information content (AvgIpc) is 2.61. The third-order valence-electron chi connectivity index (χ3n) is 3.39. The number of Topliss-reactive ketones (excluding diaryl/α,β-unsaturated/α-hetero) is 1. The van der Waals surface area contributed by atoms with Crippen LogP contribution < -0.4 is 9.30 Å². The molecule has 25 heavy (non-hydrogen) atoms. The van der Waals surface area contributed by atoms with E-state index in [-0.39, 0.29) is 35.9 Å². The number of hydrogen-bond donors (Lipinski definition) is 0. The molecule has 0 bridgehead atoms. The molecule has 0 saturated heterocycles. The van der Waals surface area contributed by atoms with E-state index in [1.807, 2.05) is 0 Å². The highest BCUT2D eigenvalue weighted by atomic mass is 16.6. The monoisotopic (exact) mass is 345 g/mol. The zero-order valence-corrected chi connectivity index (χ0v) is 13.8. The van der Waals surface area contributed by atoms with Gasteiger partial charge in [-0.1, -0.05) is 0 Å². The molecule has 0 aliphatic rings. The maximum Gasteiger partial charge on any atom is 0.344 e. The van der Waals surface area contributed by atoms with Gasteiger partial charge in [0.2, 0.25) is 12.3 Å². The van der Waals surface area contributed by atoms with E-state index in [2.05, 4.69) is 0 Å². The van der Waals surface area contributed by atoms with Crippen LogP contribution in [0, 0.1) is 10.1 Å². The number of carbonyl (C=O) groups excluding carboxylic acids is 2. The Labute approximate surface area is 143 Å². The molecular formula is C17H17N2O6+. The summed E-state index contributed by atoms with van der Waals surface area (Å²) in [6.45, 7) is 1.88. The van der Waals surface area contributed by atoms with Crippen LogP contribution in [0.25, 0.3) is 0 Å². The first-order valence-corrected chi connectivity index (χ1v) is 7.48. The summed E-state index contributed by atoms with van der Waals surface area (Å²) in [6.07, 6.45) is 3.12. The standard InChI is InChI=1S/C17H17N2O6/c1-3-25-17(21)13-5-4-8-18(10-13)11-15(20)12-6-7-16(24-2)14(9-12)19(22)23/h4-10H,3,11H2,1-2H3/q+1. The number of aromatic nitrogens is 1. The molecule has 1 heterocycles. The van der Waals surface area contributed by atoms with Gasteiger partial charge < -0.3 is 9.47 Å². The summed E-state index contributed by atoms with van der Waals surface area (Å²) < 4.78 is 11.3. The third kappa shape index (κ3) is 4.37. The average molecular weight is 345 g/mol. The van der Waals surface area contributed by atoms with Crippen molar-refractivity contribution < 1.29 is 28.6 Å². The molecule has 0 saturated carbocycles. The maximum absolute atomic E-state index is 12.4. The number of nitrogens with zero attached hydrogens (tertiary/aromatic N) is 2. The van der Waals surface area contributed by atoms with Crippen LogP contribution in [-0.4, -0.2) is 30.4 Å². The van der Waals surface area contributed by atoms with E-state index < -0.39 is 10.9 Å². The fourth-order valence-electron chi connectivity index (χ4n) is 2.22. The predicted molar refractivity (Wildman–Crippen MR) is 86.6 cm³/mol. The highest BCUT2D eigenvalue weighted by molar-refractivity contribution is 5.96. The maximum atomic E-state index is 12.4. The van der Waals surface area contributed by atoms with Crippen molar-refractivity contribution in [3.8, 4) is 5.75 Å². The zero-order valence-electron chi connectivity index (χ0n) is 13.8. The molecule has 1 aromatic carbocycles. The van der Waals surface area contributed by atoms with Crippen LogP contribution in [0.3, 0.4) is 0 Å². The highest BCUT2D eigenvalue weighted by Gasteiger charge is 2.21. The van der Waals surface area contributed by atoms with Crippen molar-refractivity contribution in [1.82, 2.24) is 0 Å². The van der Waals surface area contributed by atoms with Gasteiger partial charge in [-0.15, -0.1) is 0 Å². The topological polar surface area (TPSA) is 99.6 Å². The third-order valence-corrected chi connectivity index (χ3v) is 3.39. The van der Waals surface area contributed by atoms with E-state index in [4.69, 9.17) is 9.47 Å². The quantitative estimate of drug-likeness (QED) is 0.250. The highest BCUT2D eigenvalue weighted by Crippen LogP contribution is 2.27. The Hall–Kier alpha value is -3.29. The number of pyridine rings is 1. The predicted octanol–water partition coefficient (Wildman–Crippen LogP) is 1.95. The lowest BCUT2D eigenvalue weighted by Gasteiger charge is -2.04. The van der Waals surface area contributed by atoms with Gasteiger partial charge in [0.15, 0.2) is 18.1 Å². The largest absolute Gasteiger partial charge is 0.490 e. The molecule has 130 valence electrons. The number of carbonyl (C=O) groups is 2. The number of rotatable bonds is 7. The summed E-state index contributed by atoms with van der Waals surface area (Å²) in [7, 11) is 1.32. The minimum Gasteiger partial charge on any atom is -0.490 e. The van der Waals surface area contributed by atoms with E-state index in [9.17, 15) is 19.7 Å². The molecule has 2 rings (SSSR count). The molecule has 0 N–H and O–H groups in total. The summed E-state index contributed by atoms with van der Waals surface area (Å²) >= 11 is 0. The summed E-state index contributed by atoms with van der Waals surface area (Å²) in [5.74, 6) is -0.736. The molecule has 0 amide bonds. The normalized spacial score (nSPS) is 10.2. The van der Waals surface area contributed by atoms with Crippen molar-refractivity contribution in [3.63, 3.8) is 0 Å². The van der Waals surface area contributed by atoms with Gasteiger partial charge in [-0.25, -0.2) is 4.79 Å². The number of esters is 1. The Kier molecular flexibility index (Phi) is 5.78. The van der Waals surface area contributed by atoms with E-state index in [0.717, 1.165) is 0 Å². The van der Waals surface area contributed by atoms with Crippen molar-refractivity contribution in [3.05, 3.63) is 64.0 Å². The van der Waals surface area contributed by atoms with Crippen LogP contribution in [0.1, 0.15) is 27.6 Å². The SMILES string of the molecule is CCOC(=O)c1ccc[n+](CC(=O)c2ccc(OC)c([N+](=O)[O-])c2)c1. The van der Waals surface area contributed by atoms with Crippen molar-refractivity contribution in [2.24, 2.45) is 0 Å². The molecule has 0 aliphatic heterocycles. The van der Waals surface area contributed by atoms with Crippen molar-refractivity contribution in [1.29, 1.82) is 0 Å². The van der Waals surface area contributed by atoms with Crippen LogP contribution in [0.5, 0.6) is 5.75 Å². The molecule has 8 heteroatoms. The second-order valence-electron chi connectivity index (χ2n) is 5.05. The fourth-order valence-corrected chi connectivity index (χ4v) is 2.22. The van der Waals surface area contributed by atoms with E-state index in [1.165, 1.54) is 36.1 Å².